The summed E-state index contributed by atoms with van der Waals surface area (Å²) in [6.45, 7) is 3.95. The van der Waals surface area contributed by atoms with Crippen molar-refractivity contribution in [2.75, 3.05) is 6.61 Å². The summed E-state index contributed by atoms with van der Waals surface area (Å²) < 4.78 is 4.80. The van der Waals surface area contributed by atoms with Crippen LogP contribution in [0.15, 0.2) is 24.3 Å². The number of rotatable bonds is 3. The first-order valence-corrected chi connectivity index (χ1v) is 6.18. The lowest BCUT2D eigenvalue weighted by atomic mass is 9.85. The molecule has 0 aliphatic carbocycles. The maximum absolute atomic E-state index is 12.1. The van der Waals surface area contributed by atoms with Crippen molar-refractivity contribution in [3.8, 4) is 6.07 Å². The number of Topliss-reactive ketones (excluding diaryl/α,β-unsaturated/α-hetero) is 1. The van der Waals surface area contributed by atoms with Crippen molar-refractivity contribution in [1.82, 2.24) is 0 Å². The van der Waals surface area contributed by atoms with E-state index in [0.717, 1.165) is 5.56 Å². The summed E-state index contributed by atoms with van der Waals surface area (Å²) in [5.74, 6) is -1.31. The zero-order valence-corrected chi connectivity index (χ0v) is 11.0. The van der Waals surface area contributed by atoms with Crippen LogP contribution in [0, 0.1) is 17.2 Å². The quantitative estimate of drug-likeness (QED) is 0.473. The van der Waals surface area contributed by atoms with E-state index in [1.807, 2.05) is 13.8 Å². The van der Waals surface area contributed by atoms with Gasteiger partial charge in [0.1, 0.15) is 5.92 Å². The van der Waals surface area contributed by atoms with Crippen LogP contribution in [0.2, 0.25) is 0 Å². The van der Waals surface area contributed by atoms with Crippen LogP contribution in [-0.4, -0.2) is 18.4 Å². The minimum absolute atomic E-state index is 0.205. The standard InChI is InChI=1S/C15H15NO3/c1-15(2,9-16)11-5-3-10(4-6-11)13(17)12-7-8-19-14(12)18/h3-6,12H,7-8H2,1-2H3. The molecule has 1 saturated heterocycles. The molecule has 0 bridgehead atoms. The Bertz CT molecular complexity index is 552. The van der Waals surface area contributed by atoms with E-state index >= 15 is 0 Å². The third-order valence-corrected chi connectivity index (χ3v) is 3.42. The largest absolute Gasteiger partial charge is 0.465 e. The smallest absolute Gasteiger partial charge is 0.316 e. The predicted octanol–water partition coefficient (Wildman–Crippen LogP) is 2.23. The lowest BCUT2D eigenvalue weighted by molar-refractivity contribution is -0.140. The molecule has 19 heavy (non-hydrogen) atoms. The number of nitriles is 1. The van der Waals surface area contributed by atoms with Gasteiger partial charge in [0.25, 0.3) is 0 Å². The molecule has 0 amide bonds. The lowest BCUT2D eigenvalue weighted by Gasteiger charge is -2.16. The van der Waals surface area contributed by atoms with Gasteiger partial charge in [0.2, 0.25) is 0 Å². The highest BCUT2D eigenvalue weighted by Crippen LogP contribution is 2.24. The zero-order chi connectivity index (χ0) is 14.0. The van der Waals surface area contributed by atoms with Crippen molar-refractivity contribution in [1.29, 1.82) is 5.26 Å². The van der Waals surface area contributed by atoms with Gasteiger partial charge < -0.3 is 4.74 Å². The van der Waals surface area contributed by atoms with E-state index < -0.39 is 17.3 Å². The summed E-state index contributed by atoms with van der Waals surface area (Å²) in [5.41, 5.74) is 0.746. The van der Waals surface area contributed by atoms with E-state index in [2.05, 4.69) is 6.07 Å². The number of ketones is 1. The molecule has 0 saturated carbocycles. The van der Waals surface area contributed by atoms with Crippen molar-refractivity contribution in [3.05, 3.63) is 35.4 Å². The molecule has 1 heterocycles. The zero-order valence-electron chi connectivity index (χ0n) is 11.0. The topological polar surface area (TPSA) is 67.2 Å². The molecule has 1 aromatic rings. The minimum Gasteiger partial charge on any atom is -0.465 e. The predicted molar refractivity (Wildman–Crippen MR) is 68.5 cm³/mol. The number of cyclic esters (lactones) is 1. The van der Waals surface area contributed by atoms with Gasteiger partial charge in [0.05, 0.1) is 18.1 Å². The van der Waals surface area contributed by atoms with Crippen LogP contribution < -0.4 is 0 Å². The van der Waals surface area contributed by atoms with Crippen LogP contribution in [0.3, 0.4) is 0 Å². The Morgan fingerprint density at radius 2 is 2.00 bits per heavy atom. The summed E-state index contributed by atoms with van der Waals surface area (Å²) in [5, 5.41) is 9.06. The van der Waals surface area contributed by atoms with Crippen LogP contribution in [0.5, 0.6) is 0 Å². The van der Waals surface area contributed by atoms with Crippen molar-refractivity contribution in [2.45, 2.75) is 25.7 Å². The maximum Gasteiger partial charge on any atom is 0.316 e. The van der Waals surface area contributed by atoms with Gasteiger partial charge >= 0.3 is 5.97 Å². The van der Waals surface area contributed by atoms with Crippen molar-refractivity contribution in [3.63, 3.8) is 0 Å². The van der Waals surface area contributed by atoms with Gasteiger partial charge in [-0.1, -0.05) is 24.3 Å². The lowest BCUT2D eigenvalue weighted by Crippen LogP contribution is -2.20. The van der Waals surface area contributed by atoms with E-state index in [1.54, 1.807) is 24.3 Å². The molecule has 1 aliphatic heterocycles. The molecule has 1 fully saturated rings. The van der Waals surface area contributed by atoms with Gasteiger partial charge in [-0.25, -0.2) is 0 Å². The van der Waals surface area contributed by atoms with Crippen LogP contribution >= 0.6 is 0 Å². The van der Waals surface area contributed by atoms with Crippen LogP contribution in [0.1, 0.15) is 36.2 Å². The van der Waals surface area contributed by atoms with Gasteiger partial charge in [0, 0.05) is 12.0 Å². The van der Waals surface area contributed by atoms with E-state index in [-0.39, 0.29) is 5.78 Å². The summed E-state index contributed by atoms with van der Waals surface area (Å²) in [7, 11) is 0. The second-order valence-electron chi connectivity index (χ2n) is 5.19. The van der Waals surface area contributed by atoms with Crippen molar-refractivity contribution >= 4 is 11.8 Å². The number of carbonyl (C=O) groups excluding carboxylic acids is 2. The van der Waals surface area contributed by atoms with Crippen molar-refractivity contribution < 1.29 is 14.3 Å². The molecule has 1 atom stereocenters. The molecule has 4 heteroatoms. The SMILES string of the molecule is CC(C)(C#N)c1ccc(C(=O)C2CCOC2=O)cc1. The number of benzene rings is 1. The first kappa shape index (κ1) is 13.3. The van der Waals surface area contributed by atoms with E-state index in [4.69, 9.17) is 10.00 Å². The molecule has 2 rings (SSSR count). The fraction of sp³-hybridized carbons (Fsp3) is 0.400. The van der Waals surface area contributed by atoms with Gasteiger partial charge in [0.15, 0.2) is 5.78 Å². The van der Waals surface area contributed by atoms with E-state index in [0.29, 0.717) is 18.6 Å². The molecule has 1 aromatic carbocycles. The number of hydrogen-bond donors (Lipinski definition) is 0. The summed E-state index contributed by atoms with van der Waals surface area (Å²) in [6.07, 6.45) is 0.448. The summed E-state index contributed by atoms with van der Waals surface area (Å²) in [6, 6.07) is 9.07. The highest BCUT2D eigenvalue weighted by Gasteiger charge is 2.33. The Kier molecular flexibility index (Phi) is 3.39. The highest BCUT2D eigenvalue weighted by molar-refractivity contribution is 6.09. The fourth-order valence-electron chi connectivity index (χ4n) is 2.05. The summed E-state index contributed by atoms with van der Waals surface area (Å²) in [4.78, 5) is 23.5. The first-order valence-electron chi connectivity index (χ1n) is 6.18. The Morgan fingerprint density at radius 1 is 1.37 bits per heavy atom. The molecule has 0 radical (unpaired) electrons. The second-order valence-corrected chi connectivity index (χ2v) is 5.19. The third kappa shape index (κ3) is 2.50. The van der Waals surface area contributed by atoms with Gasteiger partial charge in [-0.3, -0.25) is 9.59 Å². The molecular formula is C15H15NO3. The van der Waals surface area contributed by atoms with Crippen LogP contribution in [0.4, 0.5) is 0 Å². The van der Waals surface area contributed by atoms with Gasteiger partial charge in [-0.05, 0) is 19.4 Å². The Hall–Kier alpha value is -2.15. The molecule has 4 nitrogen and oxygen atoms in total. The Balaban J connectivity index is 2.22. The average Bonchev–Trinajstić information content (AvgIpc) is 2.84. The first-order chi connectivity index (χ1) is 8.95. The van der Waals surface area contributed by atoms with Gasteiger partial charge in [-0.2, -0.15) is 5.26 Å². The number of nitrogens with zero attached hydrogens (tertiary/aromatic N) is 1. The van der Waals surface area contributed by atoms with Crippen LogP contribution in [0.25, 0.3) is 0 Å². The number of esters is 1. The highest BCUT2D eigenvalue weighted by atomic mass is 16.5. The maximum atomic E-state index is 12.1. The molecular weight excluding hydrogens is 242 g/mol. The molecule has 0 aromatic heterocycles. The molecule has 0 spiro atoms. The van der Waals surface area contributed by atoms with E-state index in [1.165, 1.54) is 0 Å². The average molecular weight is 257 g/mol. The Labute approximate surface area is 112 Å². The molecule has 0 N–H and O–H groups in total. The number of ether oxygens (including phenoxy) is 1. The number of carbonyl (C=O) groups is 2. The number of hydrogen-bond acceptors (Lipinski definition) is 4. The second kappa shape index (κ2) is 4.85. The van der Waals surface area contributed by atoms with Crippen molar-refractivity contribution in [2.24, 2.45) is 5.92 Å². The molecule has 1 unspecified atom stereocenters. The minimum atomic E-state index is -0.671. The molecule has 1 aliphatic rings. The monoisotopic (exact) mass is 257 g/mol. The molecule has 98 valence electrons. The van der Waals surface area contributed by atoms with E-state index in [9.17, 15) is 9.59 Å². The Morgan fingerprint density at radius 3 is 2.47 bits per heavy atom. The normalized spacial score (nSPS) is 18.8. The fourth-order valence-corrected chi connectivity index (χ4v) is 2.05. The van der Waals surface area contributed by atoms with Crippen LogP contribution in [-0.2, 0) is 14.9 Å². The summed E-state index contributed by atoms with van der Waals surface area (Å²) >= 11 is 0. The van der Waals surface area contributed by atoms with Gasteiger partial charge in [-0.15, -0.1) is 0 Å². The third-order valence-electron chi connectivity index (χ3n) is 3.42.